The van der Waals surface area contributed by atoms with Crippen LogP contribution in [0.5, 0.6) is 0 Å². The SMILES string of the molecule is O=C(Nc1nncs1)[C@@H]1CC(=O)N(c2ccccc2)C1. The first-order valence-corrected chi connectivity index (χ1v) is 7.04. The standard InChI is InChI=1S/C13H12N4O2S/c18-11-6-9(12(19)15-13-16-14-8-20-13)7-17(11)10-4-2-1-3-5-10/h1-5,8-9H,6-7H2,(H,15,16,19)/t9-/m1/s1. The number of para-hydroxylation sites is 1. The molecule has 2 aromatic rings. The molecule has 102 valence electrons. The van der Waals surface area contributed by atoms with Gasteiger partial charge in [-0.1, -0.05) is 29.5 Å². The Balaban J connectivity index is 1.69. The fourth-order valence-electron chi connectivity index (χ4n) is 2.18. The van der Waals surface area contributed by atoms with Gasteiger partial charge < -0.3 is 10.2 Å². The first-order chi connectivity index (χ1) is 9.74. The fourth-order valence-corrected chi connectivity index (χ4v) is 2.62. The molecule has 0 bridgehead atoms. The minimum Gasteiger partial charge on any atom is -0.312 e. The van der Waals surface area contributed by atoms with E-state index in [1.165, 1.54) is 11.3 Å². The van der Waals surface area contributed by atoms with E-state index in [1.807, 2.05) is 30.3 Å². The number of hydrogen-bond donors (Lipinski definition) is 1. The molecule has 0 saturated carbocycles. The van der Waals surface area contributed by atoms with E-state index in [2.05, 4.69) is 15.5 Å². The Kier molecular flexibility index (Phi) is 3.42. The lowest BCUT2D eigenvalue weighted by Crippen LogP contribution is -2.28. The Labute approximate surface area is 119 Å². The molecule has 1 aromatic heterocycles. The minimum absolute atomic E-state index is 0.0337. The molecule has 0 radical (unpaired) electrons. The van der Waals surface area contributed by atoms with Crippen molar-refractivity contribution in [3.05, 3.63) is 35.8 Å². The molecule has 1 fully saturated rings. The van der Waals surface area contributed by atoms with Crippen molar-refractivity contribution in [1.82, 2.24) is 10.2 Å². The van der Waals surface area contributed by atoms with Gasteiger partial charge in [-0.2, -0.15) is 0 Å². The predicted octanol–water partition coefficient (Wildman–Crippen LogP) is 1.53. The van der Waals surface area contributed by atoms with Crippen molar-refractivity contribution in [3.63, 3.8) is 0 Å². The number of aromatic nitrogens is 2. The summed E-state index contributed by atoms with van der Waals surface area (Å²) in [5, 5.41) is 10.6. The van der Waals surface area contributed by atoms with Crippen LogP contribution in [-0.2, 0) is 9.59 Å². The van der Waals surface area contributed by atoms with Crippen molar-refractivity contribution in [3.8, 4) is 0 Å². The highest BCUT2D eigenvalue weighted by molar-refractivity contribution is 7.13. The van der Waals surface area contributed by atoms with Gasteiger partial charge >= 0.3 is 0 Å². The maximum atomic E-state index is 12.1. The van der Waals surface area contributed by atoms with Crippen LogP contribution in [0.25, 0.3) is 0 Å². The molecule has 1 aliphatic rings. The fraction of sp³-hybridized carbons (Fsp3) is 0.231. The molecule has 2 heterocycles. The summed E-state index contributed by atoms with van der Waals surface area (Å²) >= 11 is 1.26. The van der Waals surface area contributed by atoms with Gasteiger partial charge in [0.15, 0.2) is 0 Å². The highest BCUT2D eigenvalue weighted by Crippen LogP contribution is 2.25. The molecule has 1 aromatic carbocycles. The summed E-state index contributed by atoms with van der Waals surface area (Å²) in [5.41, 5.74) is 2.37. The van der Waals surface area contributed by atoms with E-state index in [0.717, 1.165) is 5.69 Å². The summed E-state index contributed by atoms with van der Waals surface area (Å²) in [6.45, 7) is 0.396. The van der Waals surface area contributed by atoms with E-state index in [0.29, 0.717) is 11.7 Å². The Bertz CT molecular complexity index is 615. The van der Waals surface area contributed by atoms with Crippen LogP contribution in [0.1, 0.15) is 6.42 Å². The zero-order valence-corrected chi connectivity index (χ0v) is 11.3. The van der Waals surface area contributed by atoms with Gasteiger partial charge in [0.1, 0.15) is 5.51 Å². The second-order valence-corrected chi connectivity index (χ2v) is 5.31. The van der Waals surface area contributed by atoms with Crippen LogP contribution in [0, 0.1) is 5.92 Å². The van der Waals surface area contributed by atoms with Crippen LogP contribution in [-0.4, -0.2) is 28.6 Å². The van der Waals surface area contributed by atoms with Crippen molar-refractivity contribution in [2.75, 3.05) is 16.8 Å². The van der Waals surface area contributed by atoms with Crippen LogP contribution < -0.4 is 10.2 Å². The van der Waals surface area contributed by atoms with Gasteiger partial charge in [0.25, 0.3) is 0 Å². The van der Waals surface area contributed by atoms with Crippen molar-refractivity contribution >= 4 is 34.0 Å². The summed E-state index contributed by atoms with van der Waals surface area (Å²) in [4.78, 5) is 25.7. The van der Waals surface area contributed by atoms with Crippen LogP contribution in [0.2, 0.25) is 0 Å². The molecular formula is C13H12N4O2S. The number of benzene rings is 1. The van der Waals surface area contributed by atoms with Gasteiger partial charge in [0, 0.05) is 18.7 Å². The Morgan fingerprint density at radius 1 is 1.35 bits per heavy atom. The molecule has 20 heavy (non-hydrogen) atoms. The third-order valence-electron chi connectivity index (χ3n) is 3.15. The van der Waals surface area contributed by atoms with Crippen LogP contribution in [0.15, 0.2) is 35.8 Å². The highest BCUT2D eigenvalue weighted by atomic mass is 32.1. The molecule has 1 atom stereocenters. The summed E-state index contributed by atoms with van der Waals surface area (Å²) in [7, 11) is 0. The van der Waals surface area contributed by atoms with Gasteiger partial charge in [-0.3, -0.25) is 9.59 Å². The smallest absolute Gasteiger partial charge is 0.231 e. The molecule has 2 amide bonds. The summed E-state index contributed by atoms with van der Waals surface area (Å²) < 4.78 is 0. The lowest BCUT2D eigenvalue weighted by Gasteiger charge is -2.16. The van der Waals surface area contributed by atoms with E-state index in [1.54, 1.807) is 10.4 Å². The molecule has 0 unspecified atom stereocenters. The monoisotopic (exact) mass is 288 g/mol. The maximum absolute atomic E-state index is 12.1. The largest absolute Gasteiger partial charge is 0.312 e. The average molecular weight is 288 g/mol. The number of anilines is 2. The minimum atomic E-state index is -0.355. The molecule has 1 N–H and O–H groups in total. The zero-order valence-electron chi connectivity index (χ0n) is 10.5. The maximum Gasteiger partial charge on any atom is 0.231 e. The first-order valence-electron chi connectivity index (χ1n) is 6.16. The van der Waals surface area contributed by atoms with Crippen LogP contribution in [0.3, 0.4) is 0 Å². The number of hydrogen-bond acceptors (Lipinski definition) is 5. The molecule has 7 heteroatoms. The van der Waals surface area contributed by atoms with Gasteiger partial charge in [-0.05, 0) is 12.1 Å². The van der Waals surface area contributed by atoms with E-state index >= 15 is 0 Å². The average Bonchev–Trinajstić information content (AvgIpc) is 3.09. The van der Waals surface area contributed by atoms with E-state index in [4.69, 9.17) is 0 Å². The predicted molar refractivity (Wildman–Crippen MR) is 75.4 cm³/mol. The van der Waals surface area contributed by atoms with Crippen LogP contribution >= 0.6 is 11.3 Å². The van der Waals surface area contributed by atoms with Crippen molar-refractivity contribution in [2.24, 2.45) is 5.92 Å². The molecule has 3 rings (SSSR count). The Hall–Kier alpha value is -2.28. The third kappa shape index (κ3) is 2.53. The first kappa shape index (κ1) is 12.7. The lowest BCUT2D eigenvalue weighted by atomic mass is 10.1. The molecule has 0 spiro atoms. The second-order valence-electron chi connectivity index (χ2n) is 4.47. The molecule has 0 aliphatic carbocycles. The molecule has 1 saturated heterocycles. The number of nitrogens with zero attached hydrogens (tertiary/aromatic N) is 3. The highest BCUT2D eigenvalue weighted by Gasteiger charge is 2.35. The molecular weight excluding hydrogens is 276 g/mol. The summed E-state index contributed by atoms with van der Waals surface area (Å²) in [5.74, 6) is -0.575. The quantitative estimate of drug-likeness (QED) is 0.929. The number of carbonyl (C=O) groups is 2. The summed E-state index contributed by atoms with van der Waals surface area (Å²) in [6, 6.07) is 9.37. The lowest BCUT2D eigenvalue weighted by molar-refractivity contribution is -0.122. The topological polar surface area (TPSA) is 75.2 Å². The number of amides is 2. The van der Waals surface area contributed by atoms with E-state index < -0.39 is 0 Å². The van der Waals surface area contributed by atoms with E-state index in [9.17, 15) is 9.59 Å². The van der Waals surface area contributed by atoms with Crippen molar-refractivity contribution in [2.45, 2.75) is 6.42 Å². The Morgan fingerprint density at radius 2 is 2.15 bits per heavy atom. The normalized spacial score (nSPS) is 18.3. The van der Waals surface area contributed by atoms with Crippen LogP contribution in [0.4, 0.5) is 10.8 Å². The number of carbonyl (C=O) groups excluding carboxylic acids is 2. The van der Waals surface area contributed by atoms with Gasteiger partial charge in [-0.15, -0.1) is 10.2 Å². The van der Waals surface area contributed by atoms with Gasteiger partial charge in [0.05, 0.1) is 5.92 Å². The zero-order chi connectivity index (χ0) is 13.9. The Morgan fingerprint density at radius 3 is 2.85 bits per heavy atom. The molecule has 6 nitrogen and oxygen atoms in total. The third-order valence-corrected chi connectivity index (χ3v) is 3.76. The number of nitrogens with one attached hydrogen (secondary N) is 1. The van der Waals surface area contributed by atoms with E-state index in [-0.39, 0.29) is 24.2 Å². The van der Waals surface area contributed by atoms with Gasteiger partial charge in [0.2, 0.25) is 16.9 Å². The second kappa shape index (κ2) is 5.38. The summed E-state index contributed by atoms with van der Waals surface area (Å²) in [6.07, 6.45) is 0.222. The number of rotatable bonds is 3. The molecule has 1 aliphatic heterocycles. The van der Waals surface area contributed by atoms with Gasteiger partial charge in [-0.25, -0.2) is 0 Å². The van der Waals surface area contributed by atoms with Crippen molar-refractivity contribution < 1.29 is 9.59 Å². The van der Waals surface area contributed by atoms with Crippen molar-refractivity contribution in [1.29, 1.82) is 0 Å².